The first kappa shape index (κ1) is 16.2. The first-order valence-corrected chi connectivity index (χ1v) is 6.98. The van der Waals surface area contributed by atoms with Gasteiger partial charge >= 0.3 is 12.1 Å². The average molecular weight is 297 g/mol. The molecule has 2 N–H and O–H groups in total. The summed E-state index contributed by atoms with van der Waals surface area (Å²) in [6.45, 7) is 7.57. The Morgan fingerprint density at radius 1 is 1.45 bits per heavy atom. The summed E-state index contributed by atoms with van der Waals surface area (Å²) < 4.78 is 5.09. The highest BCUT2D eigenvalue weighted by Crippen LogP contribution is 2.23. The maximum atomic E-state index is 11.4. The van der Waals surface area contributed by atoms with Crippen LogP contribution in [-0.4, -0.2) is 29.3 Å². The molecule has 110 valence electrons. The Bertz CT molecular complexity index is 526. The van der Waals surface area contributed by atoms with E-state index in [2.05, 4.69) is 5.32 Å². The van der Waals surface area contributed by atoms with Crippen molar-refractivity contribution in [1.29, 1.82) is 0 Å². The fraction of sp³-hybridized carbons (Fsp3) is 0.429. The van der Waals surface area contributed by atoms with Gasteiger partial charge in [-0.3, -0.25) is 0 Å². The molecule has 0 aliphatic heterocycles. The Hall–Kier alpha value is -1.82. The second kappa shape index (κ2) is 6.56. The van der Waals surface area contributed by atoms with Crippen LogP contribution in [0.5, 0.6) is 0 Å². The summed E-state index contributed by atoms with van der Waals surface area (Å²) >= 11 is 1.21. The molecule has 0 fully saturated rings. The highest BCUT2D eigenvalue weighted by Gasteiger charge is 2.15. The van der Waals surface area contributed by atoms with E-state index >= 15 is 0 Å². The fourth-order valence-electron chi connectivity index (χ4n) is 1.39. The summed E-state index contributed by atoms with van der Waals surface area (Å²) in [5.74, 6) is -0.926. The molecule has 0 bridgehead atoms. The molecule has 0 aliphatic carbocycles. The van der Waals surface area contributed by atoms with Crippen LogP contribution in [0.25, 0.3) is 6.08 Å². The first-order chi connectivity index (χ1) is 9.19. The second-order valence-electron chi connectivity index (χ2n) is 5.25. The van der Waals surface area contributed by atoms with Gasteiger partial charge in [0.05, 0.1) is 0 Å². The molecule has 1 amide bonds. The Balaban J connectivity index is 2.50. The molecule has 1 aromatic heterocycles. The molecule has 0 saturated heterocycles. The standard InChI is InChI=1S/C14H19NO4S/c1-9-8-11(12(16)17)20-10(9)6-5-7-15-13(18)19-14(2,3)4/h5-6,8H,7H2,1-4H3,(H,15,18)(H,16,17). The normalized spacial score (nSPS) is 11.6. The van der Waals surface area contributed by atoms with Crippen molar-refractivity contribution >= 4 is 29.5 Å². The van der Waals surface area contributed by atoms with Gasteiger partial charge < -0.3 is 15.2 Å². The van der Waals surface area contributed by atoms with Crippen LogP contribution in [0, 0.1) is 6.92 Å². The van der Waals surface area contributed by atoms with Crippen molar-refractivity contribution in [3.63, 3.8) is 0 Å². The van der Waals surface area contributed by atoms with Gasteiger partial charge in [-0.1, -0.05) is 6.08 Å². The lowest BCUT2D eigenvalue weighted by molar-refractivity contribution is 0.0533. The van der Waals surface area contributed by atoms with Gasteiger partial charge in [0.2, 0.25) is 0 Å². The SMILES string of the molecule is Cc1cc(C(=O)O)sc1C=CCNC(=O)OC(C)(C)C. The number of hydrogen-bond acceptors (Lipinski definition) is 4. The number of carbonyl (C=O) groups excluding carboxylic acids is 1. The number of carboxylic acid groups (broad SMARTS) is 1. The monoisotopic (exact) mass is 297 g/mol. The van der Waals surface area contributed by atoms with Gasteiger partial charge in [-0.2, -0.15) is 0 Å². The number of carbonyl (C=O) groups is 2. The molecule has 0 atom stereocenters. The maximum absolute atomic E-state index is 11.4. The Kier molecular flexibility index (Phi) is 5.33. The summed E-state index contributed by atoms with van der Waals surface area (Å²) in [5, 5.41) is 11.5. The molecule has 6 heteroatoms. The van der Waals surface area contributed by atoms with E-state index in [9.17, 15) is 9.59 Å². The summed E-state index contributed by atoms with van der Waals surface area (Å²) in [7, 11) is 0. The van der Waals surface area contributed by atoms with E-state index in [1.807, 2.05) is 6.92 Å². The zero-order chi connectivity index (χ0) is 15.3. The number of hydrogen-bond donors (Lipinski definition) is 2. The van der Waals surface area contributed by atoms with Crippen molar-refractivity contribution in [3.05, 3.63) is 27.5 Å². The number of rotatable bonds is 4. The van der Waals surface area contributed by atoms with Gasteiger partial charge in [0.1, 0.15) is 10.5 Å². The quantitative estimate of drug-likeness (QED) is 0.894. The predicted octanol–water partition coefficient (Wildman–Crippen LogP) is 3.29. The van der Waals surface area contributed by atoms with Gasteiger partial charge in [0.15, 0.2) is 0 Å². The van der Waals surface area contributed by atoms with Gasteiger partial charge in [-0.25, -0.2) is 9.59 Å². The minimum absolute atomic E-state index is 0.308. The maximum Gasteiger partial charge on any atom is 0.407 e. The van der Waals surface area contributed by atoms with Crippen molar-refractivity contribution in [2.75, 3.05) is 6.54 Å². The van der Waals surface area contributed by atoms with Crippen molar-refractivity contribution in [2.45, 2.75) is 33.3 Å². The minimum atomic E-state index is -0.926. The smallest absolute Gasteiger partial charge is 0.407 e. The lowest BCUT2D eigenvalue weighted by atomic mass is 10.2. The Labute approximate surface area is 122 Å². The van der Waals surface area contributed by atoms with Crippen molar-refractivity contribution in [2.24, 2.45) is 0 Å². The molecule has 1 aromatic rings. The van der Waals surface area contributed by atoms with Crippen LogP contribution in [0.15, 0.2) is 12.1 Å². The molecule has 20 heavy (non-hydrogen) atoms. The molecule has 0 radical (unpaired) electrons. The molecular weight excluding hydrogens is 278 g/mol. The topological polar surface area (TPSA) is 75.6 Å². The van der Waals surface area contributed by atoms with Gasteiger partial charge in [0, 0.05) is 11.4 Å². The highest BCUT2D eigenvalue weighted by atomic mass is 32.1. The largest absolute Gasteiger partial charge is 0.477 e. The van der Waals surface area contributed by atoms with E-state index in [4.69, 9.17) is 9.84 Å². The molecule has 0 aliphatic rings. The highest BCUT2D eigenvalue weighted by molar-refractivity contribution is 7.15. The minimum Gasteiger partial charge on any atom is -0.477 e. The van der Waals surface area contributed by atoms with Crippen LogP contribution < -0.4 is 5.32 Å². The number of alkyl carbamates (subject to hydrolysis) is 1. The van der Waals surface area contributed by atoms with Gasteiger partial charge in [-0.15, -0.1) is 11.3 Å². The summed E-state index contributed by atoms with van der Waals surface area (Å²) in [5.41, 5.74) is 0.384. The summed E-state index contributed by atoms with van der Waals surface area (Å²) in [4.78, 5) is 23.4. The number of ether oxygens (including phenoxy) is 1. The van der Waals surface area contributed by atoms with E-state index in [0.29, 0.717) is 11.4 Å². The molecule has 1 rings (SSSR count). The van der Waals surface area contributed by atoms with Crippen LogP contribution in [-0.2, 0) is 4.74 Å². The third kappa shape index (κ3) is 5.44. The van der Waals surface area contributed by atoms with Crippen LogP contribution in [0.2, 0.25) is 0 Å². The van der Waals surface area contributed by atoms with Gasteiger partial charge in [-0.05, 0) is 45.4 Å². The van der Waals surface area contributed by atoms with E-state index in [1.54, 1.807) is 39.0 Å². The van der Waals surface area contributed by atoms with E-state index in [1.165, 1.54) is 11.3 Å². The van der Waals surface area contributed by atoms with Gasteiger partial charge in [0.25, 0.3) is 0 Å². The third-order valence-electron chi connectivity index (χ3n) is 2.20. The molecule has 0 aromatic carbocycles. The lowest BCUT2D eigenvalue weighted by Gasteiger charge is -2.19. The third-order valence-corrected chi connectivity index (χ3v) is 3.39. The van der Waals surface area contributed by atoms with Crippen LogP contribution in [0.4, 0.5) is 4.79 Å². The van der Waals surface area contributed by atoms with E-state index in [0.717, 1.165) is 10.4 Å². The number of thiophene rings is 1. The van der Waals surface area contributed by atoms with Crippen LogP contribution in [0.3, 0.4) is 0 Å². The average Bonchev–Trinajstić information content (AvgIpc) is 2.64. The number of aromatic carboxylic acids is 1. The predicted molar refractivity (Wildman–Crippen MR) is 79.3 cm³/mol. The van der Waals surface area contributed by atoms with Crippen molar-refractivity contribution < 1.29 is 19.4 Å². The fourth-order valence-corrected chi connectivity index (χ4v) is 2.33. The summed E-state index contributed by atoms with van der Waals surface area (Å²) in [6.07, 6.45) is 3.08. The number of aryl methyl sites for hydroxylation is 1. The zero-order valence-corrected chi connectivity index (χ0v) is 12.8. The number of nitrogens with one attached hydrogen (secondary N) is 1. The molecule has 0 spiro atoms. The Morgan fingerprint density at radius 2 is 2.10 bits per heavy atom. The Morgan fingerprint density at radius 3 is 2.60 bits per heavy atom. The zero-order valence-electron chi connectivity index (χ0n) is 12.0. The summed E-state index contributed by atoms with van der Waals surface area (Å²) in [6, 6.07) is 1.63. The van der Waals surface area contributed by atoms with Crippen molar-refractivity contribution in [1.82, 2.24) is 5.32 Å². The molecule has 5 nitrogen and oxygen atoms in total. The lowest BCUT2D eigenvalue weighted by Crippen LogP contribution is -2.32. The van der Waals surface area contributed by atoms with E-state index in [-0.39, 0.29) is 0 Å². The first-order valence-electron chi connectivity index (χ1n) is 6.16. The molecule has 0 unspecified atom stereocenters. The number of carboxylic acids is 1. The second-order valence-corrected chi connectivity index (χ2v) is 6.33. The number of amides is 1. The van der Waals surface area contributed by atoms with E-state index < -0.39 is 17.7 Å². The molecule has 1 heterocycles. The molecular formula is C14H19NO4S. The van der Waals surface area contributed by atoms with Crippen LogP contribution >= 0.6 is 11.3 Å². The van der Waals surface area contributed by atoms with Crippen molar-refractivity contribution in [3.8, 4) is 0 Å². The molecule has 0 saturated carbocycles. The van der Waals surface area contributed by atoms with Crippen LogP contribution in [0.1, 0.15) is 40.9 Å².